The van der Waals surface area contributed by atoms with Gasteiger partial charge < -0.3 is 19.5 Å². The highest BCUT2D eigenvalue weighted by atomic mass is 16.6. The van der Waals surface area contributed by atoms with Crippen LogP contribution in [0.1, 0.15) is 44.0 Å². The molecule has 0 fully saturated rings. The van der Waals surface area contributed by atoms with Crippen LogP contribution in [-0.2, 0) is 9.47 Å². The number of hydrogen-bond donors (Lipinski definition) is 1. The Morgan fingerprint density at radius 2 is 2.00 bits per heavy atom. The summed E-state index contributed by atoms with van der Waals surface area (Å²) in [4.78, 5) is 26.8. The molecule has 1 aromatic rings. The Morgan fingerprint density at radius 1 is 1.26 bits per heavy atom. The van der Waals surface area contributed by atoms with Crippen molar-refractivity contribution in [2.24, 2.45) is 0 Å². The number of amides is 1. The highest BCUT2D eigenvalue weighted by Gasteiger charge is 2.15. The van der Waals surface area contributed by atoms with Crippen molar-refractivity contribution >= 4 is 12.1 Å². The molecule has 1 N–H and O–H groups in total. The average molecular weight is 324 g/mol. The molecule has 0 spiro atoms. The number of rotatable bonds is 7. The second kappa shape index (κ2) is 8.97. The van der Waals surface area contributed by atoms with Crippen LogP contribution in [0.3, 0.4) is 0 Å². The van der Waals surface area contributed by atoms with Crippen LogP contribution in [0.25, 0.3) is 0 Å². The van der Waals surface area contributed by atoms with Gasteiger partial charge in [0.25, 0.3) is 0 Å². The first-order valence-electron chi connectivity index (χ1n) is 7.46. The molecule has 0 radical (unpaired) electrons. The lowest BCUT2D eigenvalue weighted by Gasteiger charge is -2.19. The number of esters is 1. The van der Waals surface area contributed by atoms with Crippen molar-refractivity contribution in [2.75, 3.05) is 20.3 Å². The summed E-state index contributed by atoms with van der Waals surface area (Å²) in [6.07, 6.45) is 2.55. The number of ether oxygens (including phenoxy) is 3. The summed E-state index contributed by atoms with van der Waals surface area (Å²) in [5, 5.41) is 2.68. The van der Waals surface area contributed by atoms with E-state index in [1.54, 1.807) is 6.07 Å². The number of alkyl carbamates (subject to hydrolysis) is 1. The standard InChI is InChI=1S/C16H24N2O5/c1-16(2,3)23-15(20)18-8-5-6-10-22-13-11-12(7-9-17-13)14(19)21-4/h7,9,11H,5-6,8,10H2,1-4H3,(H,18,20). The predicted molar refractivity (Wildman–Crippen MR) is 84.5 cm³/mol. The fourth-order valence-corrected chi connectivity index (χ4v) is 1.64. The van der Waals surface area contributed by atoms with E-state index in [-0.39, 0.29) is 0 Å². The minimum atomic E-state index is -0.497. The van der Waals surface area contributed by atoms with Crippen LogP contribution < -0.4 is 10.1 Å². The Hall–Kier alpha value is -2.31. The van der Waals surface area contributed by atoms with Crippen LogP contribution in [0.15, 0.2) is 18.3 Å². The van der Waals surface area contributed by atoms with Gasteiger partial charge in [-0.1, -0.05) is 0 Å². The van der Waals surface area contributed by atoms with E-state index >= 15 is 0 Å². The van der Waals surface area contributed by atoms with Gasteiger partial charge in [-0.05, 0) is 39.7 Å². The SMILES string of the molecule is COC(=O)c1ccnc(OCCCCNC(=O)OC(C)(C)C)c1. The Kier molecular flexibility index (Phi) is 7.31. The predicted octanol–water partition coefficient (Wildman–Crippen LogP) is 2.55. The van der Waals surface area contributed by atoms with E-state index in [4.69, 9.17) is 9.47 Å². The Morgan fingerprint density at radius 3 is 2.65 bits per heavy atom. The van der Waals surface area contributed by atoms with Crippen molar-refractivity contribution < 1.29 is 23.8 Å². The molecule has 0 aromatic carbocycles. The summed E-state index contributed by atoms with van der Waals surface area (Å²) in [6, 6.07) is 3.09. The van der Waals surface area contributed by atoms with E-state index in [1.165, 1.54) is 19.4 Å². The maximum Gasteiger partial charge on any atom is 0.407 e. The van der Waals surface area contributed by atoms with Gasteiger partial charge in [0.2, 0.25) is 5.88 Å². The lowest BCUT2D eigenvalue weighted by atomic mass is 10.2. The third-order valence-corrected chi connectivity index (χ3v) is 2.65. The fraction of sp³-hybridized carbons (Fsp3) is 0.562. The molecule has 1 rings (SSSR count). The molecule has 0 bridgehead atoms. The molecule has 1 aromatic heterocycles. The van der Waals surface area contributed by atoms with Crippen LogP contribution in [-0.4, -0.2) is 42.9 Å². The first kappa shape index (κ1) is 18.7. The topological polar surface area (TPSA) is 86.8 Å². The molecule has 1 amide bonds. The number of nitrogens with zero attached hydrogens (tertiary/aromatic N) is 1. The fourth-order valence-electron chi connectivity index (χ4n) is 1.64. The number of aromatic nitrogens is 1. The number of carbonyl (C=O) groups excluding carboxylic acids is 2. The third-order valence-electron chi connectivity index (χ3n) is 2.65. The van der Waals surface area contributed by atoms with Crippen LogP contribution >= 0.6 is 0 Å². The molecule has 0 saturated carbocycles. The van der Waals surface area contributed by atoms with Crippen LogP contribution in [0.2, 0.25) is 0 Å². The summed E-state index contributed by atoms with van der Waals surface area (Å²) in [5.74, 6) is -0.0631. The highest BCUT2D eigenvalue weighted by Crippen LogP contribution is 2.11. The minimum Gasteiger partial charge on any atom is -0.478 e. The third kappa shape index (κ3) is 8.04. The first-order chi connectivity index (χ1) is 10.8. The van der Waals surface area contributed by atoms with Crippen LogP contribution in [0, 0.1) is 0 Å². The summed E-state index contributed by atoms with van der Waals surface area (Å²) in [5.41, 5.74) is -0.104. The number of carbonyl (C=O) groups is 2. The van der Waals surface area contributed by atoms with Gasteiger partial charge >= 0.3 is 12.1 Å². The van der Waals surface area contributed by atoms with Crippen LogP contribution in [0.4, 0.5) is 4.79 Å². The van der Waals surface area contributed by atoms with Gasteiger partial charge in [0.05, 0.1) is 19.3 Å². The molecule has 0 aliphatic carbocycles. The Bertz CT molecular complexity index is 525. The maximum atomic E-state index is 11.4. The monoisotopic (exact) mass is 324 g/mol. The van der Waals surface area contributed by atoms with Gasteiger partial charge in [-0.15, -0.1) is 0 Å². The van der Waals surface area contributed by atoms with Crippen molar-refractivity contribution in [3.63, 3.8) is 0 Å². The number of hydrogen-bond acceptors (Lipinski definition) is 6. The molecule has 0 aliphatic heterocycles. The minimum absolute atomic E-state index is 0.369. The molecular formula is C16H24N2O5. The summed E-state index contributed by atoms with van der Waals surface area (Å²) in [7, 11) is 1.32. The van der Waals surface area contributed by atoms with Gasteiger partial charge in [-0.3, -0.25) is 0 Å². The Labute approximate surface area is 136 Å². The quantitative estimate of drug-likeness (QED) is 0.613. The molecule has 0 atom stereocenters. The lowest BCUT2D eigenvalue weighted by molar-refractivity contribution is 0.0525. The maximum absolute atomic E-state index is 11.4. The average Bonchev–Trinajstić information content (AvgIpc) is 2.48. The summed E-state index contributed by atoms with van der Waals surface area (Å²) in [6.45, 7) is 6.39. The molecule has 128 valence electrons. The molecule has 0 saturated heterocycles. The summed E-state index contributed by atoms with van der Waals surface area (Å²) >= 11 is 0. The molecular weight excluding hydrogens is 300 g/mol. The van der Waals surface area contributed by atoms with E-state index in [1.807, 2.05) is 20.8 Å². The number of pyridine rings is 1. The second-order valence-electron chi connectivity index (χ2n) is 5.86. The van der Waals surface area contributed by atoms with Gasteiger partial charge in [-0.25, -0.2) is 14.6 Å². The molecule has 0 unspecified atom stereocenters. The Balaban J connectivity index is 2.20. The smallest absolute Gasteiger partial charge is 0.407 e. The number of nitrogens with one attached hydrogen (secondary N) is 1. The number of methoxy groups -OCH3 is 1. The van der Waals surface area contributed by atoms with Crippen molar-refractivity contribution in [1.82, 2.24) is 10.3 Å². The molecule has 7 nitrogen and oxygen atoms in total. The van der Waals surface area contributed by atoms with Crippen molar-refractivity contribution in [1.29, 1.82) is 0 Å². The van der Waals surface area contributed by atoms with Gasteiger partial charge in [0.15, 0.2) is 0 Å². The molecule has 1 heterocycles. The van der Waals surface area contributed by atoms with Gasteiger partial charge in [-0.2, -0.15) is 0 Å². The second-order valence-corrected chi connectivity index (χ2v) is 5.86. The van der Waals surface area contributed by atoms with Gasteiger partial charge in [0.1, 0.15) is 5.60 Å². The first-order valence-corrected chi connectivity index (χ1v) is 7.46. The molecule has 7 heteroatoms. The lowest BCUT2D eigenvalue weighted by Crippen LogP contribution is -2.33. The summed E-state index contributed by atoms with van der Waals surface area (Å²) < 4.78 is 15.2. The zero-order valence-corrected chi connectivity index (χ0v) is 14.0. The zero-order valence-electron chi connectivity index (χ0n) is 14.0. The number of unbranched alkanes of at least 4 members (excludes halogenated alkanes) is 1. The zero-order chi connectivity index (χ0) is 17.3. The van der Waals surface area contributed by atoms with E-state index < -0.39 is 17.7 Å². The van der Waals surface area contributed by atoms with Crippen molar-refractivity contribution in [3.8, 4) is 5.88 Å². The van der Waals surface area contributed by atoms with E-state index in [9.17, 15) is 9.59 Å². The molecule has 23 heavy (non-hydrogen) atoms. The van der Waals surface area contributed by atoms with E-state index in [0.29, 0.717) is 24.6 Å². The van der Waals surface area contributed by atoms with Gasteiger partial charge in [0, 0.05) is 18.8 Å². The van der Waals surface area contributed by atoms with Crippen molar-refractivity contribution in [2.45, 2.75) is 39.2 Å². The van der Waals surface area contributed by atoms with E-state index in [0.717, 1.165) is 12.8 Å². The van der Waals surface area contributed by atoms with Crippen LogP contribution in [0.5, 0.6) is 5.88 Å². The molecule has 0 aliphatic rings. The van der Waals surface area contributed by atoms with Crippen molar-refractivity contribution in [3.05, 3.63) is 23.9 Å². The normalized spacial score (nSPS) is 10.8. The highest BCUT2D eigenvalue weighted by molar-refractivity contribution is 5.89. The largest absolute Gasteiger partial charge is 0.478 e. The van der Waals surface area contributed by atoms with E-state index in [2.05, 4.69) is 15.0 Å².